The number of nitrogens with two attached hydrogens (primary N) is 1. The van der Waals surface area contributed by atoms with Gasteiger partial charge in [0.15, 0.2) is 0 Å². The molecule has 0 amide bonds. The number of aryl methyl sites for hydroxylation is 1. The fourth-order valence-electron chi connectivity index (χ4n) is 1.24. The Bertz CT molecular complexity index is 256. The predicted octanol–water partition coefficient (Wildman–Crippen LogP) is 1.43. The molecule has 0 bridgehead atoms. The lowest BCUT2D eigenvalue weighted by Crippen LogP contribution is -2.30. The van der Waals surface area contributed by atoms with Gasteiger partial charge >= 0.3 is 0 Å². The topological polar surface area (TPSA) is 38.0 Å². The number of hydrogen-bond donors (Lipinski definition) is 2. The normalized spacial score (nSPS) is 12.8. The lowest BCUT2D eigenvalue weighted by Gasteiger charge is -2.09. The third-order valence-corrected chi connectivity index (χ3v) is 2.04. The first-order valence-electron chi connectivity index (χ1n) is 4.71. The summed E-state index contributed by atoms with van der Waals surface area (Å²) in [7, 11) is 0. The van der Waals surface area contributed by atoms with E-state index in [0.717, 1.165) is 13.1 Å². The molecule has 1 rings (SSSR count). The molecule has 0 aromatic heterocycles. The van der Waals surface area contributed by atoms with Crippen LogP contribution in [0.3, 0.4) is 0 Å². The average molecular weight is 178 g/mol. The molecule has 2 nitrogen and oxygen atoms in total. The summed E-state index contributed by atoms with van der Waals surface area (Å²) in [6.45, 7) is 5.91. The van der Waals surface area contributed by atoms with Crippen molar-refractivity contribution < 1.29 is 0 Å². The second-order valence-corrected chi connectivity index (χ2v) is 3.53. The van der Waals surface area contributed by atoms with Crippen LogP contribution < -0.4 is 11.1 Å². The molecule has 0 radical (unpaired) electrons. The van der Waals surface area contributed by atoms with Gasteiger partial charge in [-0.3, -0.25) is 0 Å². The fraction of sp³-hybridized carbons (Fsp3) is 0.455. The Labute approximate surface area is 80.1 Å². The van der Waals surface area contributed by atoms with E-state index >= 15 is 0 Å². The predicted molar refractivity (Wildman–Crippen MR) is 56.5 cm³/mol. The van der Waals surface area contributed by atoms with Crippen LogP contribution in [0.1, 0.15) is 18.1 Å². The second kappa shape index (κ2) is 5.00. The lowest BCUT2D eigenvalue weighted by molar-refractivity contribution is 0.607. The molecule has 0 aliphatic heterocycles. The van der Waals surface area contributed by atoms with Crippen molar-refractivity contribution in [3.63, 3.8) is 0 Å². The number of hydrogen-bond acceptors (Lipinski definition) is 2. The minimum absolute atomic E-state index is 0.226. The van der Waals surface area contributed by atoms with Crippen molar-refractivity contribution in [3.8, 4) is 0 Å². The maximum absolute atomic E-state index is 5.63. The van der Waals surface area contributed by atoms with Crippen molar-refractivity contribution in [2.75, 3.05) is 6.54 Å². The molecule has 0 aliphatic carbocycles. The molecule has 0 saturated carbocycles. The van der Waals surface area contributed by atoms with Gasteiger partial charge in [0, 0.05) is 19.1 Å². The van der Waals surface area contributed by atoms with Crippen molar-refractivity contribution in [1.29, 1.82) is 0 Å². The molecule has 0 saturated heterocycles. The summed E-state index contributed by atoms with van der Waals surface area (Å²) in [5, 5.41) is 3.32. The Kier molecular flexibility index (Phi) is 3.93. The Morgan fingerprint density at radius 3 is 2.69 bits per heavy atom. The quantitative estimate of drug-likeness (QED) is 0.732. The van der Waals surface area contributed by atoms with Gasteiger partial charge in [0.1, 0.15) is 0 Å². The lowest BCUT2D eigenvalue weighted by atomic mass is 10.1. The van der Waals surface area contributed by atoms with Gasteiger partial charge in [-0.05, 0) is 25.0 Å². The molecule has 1 aromatic rings. The van der Waals surface area contributed by atoms with E-state index in [9.17, 15) is 0 Å². The largest absolute Gasteiger partial charge is 0.327 e. The standard InChI is InChI=1S/C11H18N2/c1-9-5-3-4-6-11(9)8-13-7-10(2)12/h3-6,10,13H,7-8,12H2,1-2H3. The Hall–Kier alpha value is -0.860. The van der Waals surface area contributed by atoms with Crippen LogP contribution in [-0.4, -0.2) is 12.6 Å². The van der Waals surface area contributed by atoms with E-state index in [2.05, 4.69) is 36.5 Å². The van der Waals surface area contributed by atoms with Crippen LogP contribution in [0.15, 0.2) is 24.3 Å². The molecule has 13 heavy (non-hydrogen) atoms. The van der Waals surface area contributed by atoms with Crippen molar-refractivity contribution in [3.05, 3.63) is 35.4 Å². The van der Waals surface area contributed by atoms with Gasteiger partial charge < -0.3 is 11.1 Å². The highest BCUT2D eigenvalue weighted by Gasteiger charge is 1.97. The van der Waals surface area contributed by atoms with E-state index in [0.29, 0.717) is 0 Å². The molecule has 3 N–H and O–H groups in total. The second-order valence-electron chi connectivity index (χ2n) is 3.53. The summed E-state index contributed by atoms with van der Waals surface area (Å²) in [4.78, 5) is 0. The van der Waals surface area contributed by atoms with Crippen LogP contribution in [0, 0.1) is 6.92 Å². The van der Waals surface area contributed by atoms with Gasteiger partial charge in [0.05, 0.1) is 0 Å². The van der Waals surface area contributed by atoms with Crippen LogP contribution >= 0.6 is 0 Å². The highest BCUT2D eigenvalue weighted by atomic mass is 14.9. The first kappa shape index (κ1) is 10.2. The summed E-state index contributed by atoms with van der Waals surface area (Å²) in [6, 6.07) is 8.62. The van der Waals surface area contributed by atoms with E-state index in [1.165, 1.54) is 11.1 Å². The smallest absolute Gasteiger partial charge is 0.0208 e. The zero-order valence-electron chi connectivity index (χ0n) is 8.38. The molecular formula is C11H18N2. The summed E-state index contributed by atoms with van der Waals surface area (Å²) >= 11 is 0. The van der Waals surface area contributed by atoms with E-state index in [-0.39, 0.29) is 6.04 Å². The van der Waals surface area contributed by atoms with Crippen molar-refractivity contribution in [2.45, 2.75) is 26.4 Å². The van der Waals surface area contributed by atoms with Crippen molar-refractivity contribution in [1.82, 2.24) is 5.32 Å². The van der Waals surface area contributed by atoms with Gasteiger partial charge in [-0.1, -0.05) is 24.3 Å². The highest BCUT2D eigenvalue weighted by Crippen LogP contribution is 2.05. The van der Waals surface area contributed by atoms with Gasteiger partial charge in [0.2, 0.25) is 0 Å². The number of benzene rings is 1. The van der Waals surface area contributed by atoms with Crippen molar-refractivity contribution in [2.24, 2.45) is 5.73 Å². The molecule has 0 aliphatic rings. The number of nitrogens with one attached hydrogen (secondary N) is 1. The molecule has 0 heterocycles. The zero-order chi connectivity index (χ0) is 9.68. The Balaban J connectivity index is 2.41. The van der Waals surface area contributed by atoms with Crippen molar-refractivity contribution >= 4 is 0 Å². The van der Waals surface area contributed by atoms with Gasteiger partial charge in [-0.25, -0.2) is 0 Å². The monoisotopic (exact) mass is 178 g/mol. The van der Waals surface area contributed by atoms with Crippen LogP contribution in [0.25, 0.3) is 0 Å². The summed E-state index contributed by atoms with van der Waals surface area (Å²) in [5.41, 5.74) is 8.32. The molecule has 72 valence electrons. The van der Waals surface area contributed by atoms with Gasteiger partial charge in [-0.15, -0.1) is 0 Å². The Morgan fingerprint density at radius 2 is 2.08 bits per heavy atom. The SMILES string of the molecule is Cc1ccccc1CNCC(C)N. The summed E-state index contributed by atoms with van der Waals surface area (Å²) < 4.78 is 0. The van der Waals surface area contributed by atoms with E-state index in [1.54, 1.807) is 0 Å². The third-order valence-electron chi connectivity index (χ3n) is 2.04. The Morgan fingerprint density at radius 1 is 1.38 bits per heavy atom. The molecule has 1 atom stereocenters. The molecular weight excluding hydrogens is 160 g/mol. The summed E-state index contributed by atoms with van der Waals surface area (Å²) in [6.07, 6.45) is 0. The zero-order valence-corrected chi connectivity index (χ0v) is 8.38. The first-order chi connectivity index (χ1) is 6.20. The van der Waals surface area contributed by atoms with Crippen LogP contribution in [0.2, 0.25) is 0 Å². The van der Waals surface area contributed by atoms with E-state index in [4.69, 9.17) is 5.73 Å². The molecule has 2 heteroatoms. The molecule has 0 spiro atoms. The maximum atomic E-state index is 5.63. The average Bonchev–Trinajstić information content (AvgIpc) is 2.08. The van der Waals surface area contributed by atoms with E-state index < -0.39 is 0 Å². The maximum Gasteiger partial charge on any atom is 0.0208 e. The first-order valence-corrected chi connectivity index (χ1v) is 4.71. The third kappa shape index (κ3) is 3.57. The molecule has 1 aromatic carbocycles. The molecule has 1 unspecified atom stereocenters. The molecule has 0 fully saturated rings. The minimum Gasteiger partial charge on any atom is -0.327 e. The van der Waals surface area contributed by atoms with Crippen LogP contribution in [0.5, 0.6) is 0 Å². The van der Waals surface area contributed by atoms with Gasteiger partial charge in [0.25, 0.3) is 0 Å². The number of rotatable bonds is 4. The van der Waals surface area contributed by atoms with Crippen LogP contribution in [-0.2, 0) is 6.54 Å². The fourth-order valence-corrected chi connectivity index (χ4v) is 1.24. The minimum atomic E-state index is 0.226. The summed E-state index contributed by atoms with van der Waals surface area (Å²) in [5.74, 6) is 0. The van der Waals surface area contributed by atoms with Crippen LogP contribution in [0.4, 0.5) is 0 Å². The highest BCUT2D eigenvalue weighted by molar-refractivity contribution is 5.25. The van der Waals surface area contributed by atoms with Gasteiger partial charge in [-0.2, -0.15) is 0 Å². The van der Waals surface area contributed by atoms with E-state index in [1.807, 2.05) is 6.92 Å².